The maximum absolute atomic E-state index is 12.4. The van der Waals surface area contributed by atoms with Crippen molar-refractivity contribution in [2.75, 3.05) is 0 Å². The van der Waals surface area contributed by atoms with Gasteiger partial charge in [-0.3, -0.25) is 4.79 Å². The average Bonchev–Trinajstić information content (AvgIpc) is 3.20. The number of nitrogens with one attached hydrogen (secondary N) is 1. The first-order valence-corrected chi connectivity index (χ1v) is 8.43. The number of benzene rings is 2. The molecule has 0 aliphatic rings. The van der Waals surface area contributed by atoms with E-state index in [0.717, 1.165) is 16.8 Å². The van der Waals surface area contributed by atoms with Crippen molar-refractivity contribution in [2.45, 2.75) is 33.1 Å². The number of nitrogens with zero attached hydrogens (tertiary/aromatic N) is 4. The van der Waals surface area contributed by atoms with Crippen LogP contribution < -0.4 is 5.32 Å². The highest BCUT2D eigenvalue weighted by Crippen LogP contribution is 2.10. The largest absolute Gasteiger partial charge is 0.374 e. The number of ether oxygens (including phenoxy) is 1. The molecular weight excluding hydrogens is 330 g/mol. The average molecular weight is 351 g/mol. The van der Waals surface area contributed by atoms with Gasteiger partial charge in [0, 0.05) is 12.1 Å². The Labute approximate surface area is 152 Å². The summed E-state index contributed by atoms with van der Waals surface area (Å²) in [5.41, 5.74) is 3.40. The fourth-order valence-corrected chi connectivity index (χ4v) is 2.45. The molecule has 0 saturated heterocycles. The Morgan fingerprint density at radius 2 is 1.96 bits per heavy atom. The SMILES string of the molecule is CC(C)OCc1cccc(CNC(=O)c2cccc(-n3cnnn3)c2)c1. The third-order valence-corrected chi connectivity index (χ3v) is 3.75. The molecule has 0 atom stereocenters. The van der Waals surface area contributed by atoms with E-state index in [1.165, 1.54) is 11.0 Å². The molecular formula is C19H21N5O2. The second kappa shape index (κ2) is 8.35. The van der Waals surface area contributed by atoms with Crippen LogP contribution in [0.2, 0.25) is 0 Å². The van der Waals surface area contributed by atoms with Gasteiger partial charge in [0.2, 0.25) is 0 Å². The van der Waals surface area contributed by atoms with Gasteiger partial charge < -0.3 is 10.1 Å². The molecule has 1 amide bonds. The summed E-state index contributed by atoms with van der Waals surface area (Å²) >= 11 is 0. The van der Waals surface area contributed by atoms with Crippen molar-refractivity contribution in [3.05, 3.63) is 71.5 Å². The van der Waals surface area contributed by atoms with Crippen molar-refractivity contribution >= 4 is 5.91 Å². The van der Waals surface area contributed by atoms with E-state index in [2.05, 4.69) is 20.8 Å². The zero-order chi connectivity index (χ0) is 18.4. The van der Waals surface area contributed by atoms with Crippen LogP contribution >= 0.6 is 0 Å². The Kier molecular flexibility index (Phi) is 5.70. The van der Waals surface area contributed by atoms with Crippen molar-refractivity contribution in [3.8, 4) is 5.69 Å². The van der Waals surface area contributed by atoms with Gasteiger partial charge >= 0.3 is 0 Å². The molecule has 2 aromatic carbocycles. The summed E-state index contributed by atoms with van der Waals surface area (Å²) in [7, 11) is 0. The molecule has 0 bridgehead atoms. The zero-order valence-corrected chi connectivity index (χ0v) is 14.8. The Morgan fingerprint density at radius 3 is 2.73 bits per heavy atom. The summed E-state index contributed by atoms with van der Waals surface area (Å²) in [6.07, 6.45) is 1.67. The second-order valence-electron chi connectivity index (χ2n) is 6.17. The normalized spacial score (nSPS) is 10.9. The molecule has 0 fully saturated rings. The van der Waals surface area contributed by atoms with Gasteiger partial charge in [0.1, 0.15) is 6.33 Å². The second-order valence-corrected chi connectivity index (χ2v) is 6.17. The van der Waals surface area contributed by atoms with Crippen molar-refractivity contribution in [3.63, 3.8) is 0 Å². The molecule has 1 heterocycles. The van der Waals surface area contributed by atoms with Crippen LogP contribution in [0.25, 0.3) is 5.69 Å². The van der Waals surface area contributed by atoms with E-state index in [1.807, 2.05) is 44.2 Å². The number of carbonyl (C=O) groups excluding carboxylic acids is 1. The number of tetrazole rings is 1. The summed E-state index contributed by atoms with van der Waals surface area (Å²) in [4.78, 5) is 12.4. The molecule has 134 valence electrons. The van der Waals surface area contributed by atoms with Gasteiger partial charge in [-0.05, 0) is 53.6 Å². The van der Waals surface area contributed by atoms with E-state index in [1.54, 1.807) is 18.2 Å². The monoisotopic (exact) mass is 351 g/mol. The summed E-state index contributed by atoms with van der Waals surface area (Å²) in [5.74, 6) is -0.149. The third kappa shape index (κ3) is 4.73. The van der Waals surface area contributed by atoms with Gasteiger partial charge in [0.05, 0.1) is 18.4 Å². The quantitative estimate of drug-likeness (QED) is 0.707. The molecule has 0 spiro atoms. The van der Waals surface area contributed by atoms with E-state index >= 15 is 0 Å². The molecule has 0 unspecified atom stereocenters. The minimum Gasteiger partial charge on any atom is -0.374 e. The molecule has 0 saturated carbocycles. The molecule has 1 aromatic heterocycles. The van der Waals surface area contributed by atoms with Gasteiger partial charge in [-0.15, -0.1) is 5.10 Å². The van der Waals surface area contributed by atoms with Gasteiger partial charge in [-0.1, -0.05) is 30.3 Å². The zero-order valence-electron chi connectivity index (χ0n) is 14.8. The first-order valence-electron chi connectivity index (χ1n) is 8.43. The molecule has 7 nitrogen and oxygen atoms in total. The Balaban J connectivity index is 1.62. The van der Waals surface area contributed by atoms with Gasteiger partial charge in [-0.2, -0.15) is 0 Å². The van der Waals surface area contributed by atoms with E-state index in [4.69, 9.17) is 4.74 Å². The number of aromatic nitrogens is 4. The van der Waals surface area contributed by atoms with Crippen LogP contribution in [0.15, 0.2) is 54.9 Å². The van der Waals surface area contributed by atoms with E-state index < -0.39 is 0 Å². The summed E-state index contributed by atoms with van der Waals surface area (Å²) in [6.45, 7) is 5.03. The fraction of sp³-hybridized carbons (Fsp3) is 0.263. The number of rotatable bonds is 7. The van der Waals surface area contributed by atoms with Crippen molar-refractivity contribution < 1.29 is 9.53 Å². The van der Waals surface area contributed by atoms with E-state index in [0.29, 0.717) is 18.7 Å². The lowest BCUT2D eigenvalue weighted by molar-refractivity contribution is 0.0657. The first-order chi connectivity index (χ1) is 12.6. The standard InChI is InChI=1S/C19H21N5O2/c1-14(2)26-12-16-6-3-5-15(9-16)11-20-19(25)17-7-4-8-18(10-17)24-13-21-22-23-24/h3-10,13-14H,11-12H2,1-2H3,(H,20,25). The smallest absolute Gasteiger partial charge is 0.251 e. The maximum Gasteiger partial charge on any atom is 0.251 e. The lowest BCUT2D eigenvalue weighted by Crippen LogP contribution is -2.23. The van der Waals surface area contributed by atoms with Crippen LogP contribution in [0.3, 0.4) is 0 Å². The highest BCUT2D eigenvalue weighted by atomic mass is 16.5. The highest BCUT2D eigenvalue weighted by molar-refractivity contribution is 5.94. The van der Waals surface area contributed by atoms with Crippen molar-refractivity contribution in [1.29, 1.82) is 0 Å². The molecule has 3 rings (SSSR count). The highest BCUT2D eigenvalue weighted by Gasteiger charge is 2.08. The van der Waals surface area contributed by atoms with E-state index in [-0.39, 0.29) is 12.0 Å². The third-order valence-electron chi connectivity index (χ3n) is 3.75. The first kappa shape index (κ1) is 17.8. The summed E-state index contributed by atoms with van der Waals surface area (Å²) < 4.78 is 7.13. The summed E-state index contributed by atoms with van der Waals surface area (Å²) in [6, 6.07) is 15.2. The number of hydrogen-bond donors (Lipinski definition) is 1. The predicted molar refractivity (Wildman–Crippen MR) is 96.7 cm³/mol. The number of hydrogen-bond acceptors (Lipinski definition) is 5. The van der Waals surface area contributed by atoms with Crippen LogP contribution in [-0.2, 0) is 17.9 Å². The minimum absolute atomic E-state index is 0.149. The molecule has 0 radical (unpaired) electrons. The number of amides is 1. The molecule has 26 heavy (non-hydrogen) atoms. The molecule has 7 heteroatoms. The predicted octanol–water partition coefficient (Wildman–Crippen LogP) is 2.52. The van der Waals surface area contributed by atoms with Crippen molar-refractivity contribution in [1.82, 2.24) is 25.5 Å². The fourth-order valence-electron chi connectivity index (χ4n) is 2.45. The van der Waals surface area contributed by atoms with Crippen LogP contribution in [0.1, 0.15) is 35.3 Å². The van der Waals surface area contributed by atoms with Gasteiger partial charge in [-0.25, -0.2) is 4.68 Å². The molecule has 0 aliphatic carbocycles. The Bertz CT molecular complexity index is 862. The van der Waals surface area contributed by atoms with Crippen molar-refractivity contribution in [2.24, 2.45) is 0 Å². The Hall–Kier alpha value is -3.06. The number of carbonyl (C=O) groups is 1. The van der Waals surface area contributed by atoms with Crippen LogP contribution in [-0.4, -0.2) is 32.2 Å². The van der Waals surface area contributed by atoms with Crippen LogP contribution in [0.5, 0.6) is 0 Å². The van der Waals surface area contributed by atoms with Crippen LogP contribution in [0, 0.1) is 0 Å². The lowest BCUT2D eigenvalue weighted by Gasteiger charge is -2.10. The van der Waals surface area contributed by atoms with E-state index in [9.17, 15) is 4.79 Å². The Morgan fingerprint density at radius 1 is 1.15 bits per heavy atom. The minimum atomic E-state index is -0.149. The molecule has 0 aliphatic heterocycles. The summed E-state index contributed by atoms with van der Waals surface area (Å²) in [5, 5.41) is 14.0. The molecule has 3 aromatic rings. The lowest BCUT2D eigenvalue weighted by atomic mass is 10.1. The van der Waals surface area contributed by atoms with Gasteiger partial charge in [0.25, 0.3) is 5.91 Å². The topological polar surface area (TPSA) is 81.9 Å². The molecule has 1 N–H and O–H groups in total. The van der Waals surface area contributed by atoms with Crippen LogP contribution in [0.4, 0.5) is 0 Å². The maximum atomic E-state index is 12.4. The van der Waals surface area contributed by atoms with Gasteiger partial charge in [0.15, 0.2) is 0 Å².